The van der Waals surface area contributed by atoms with Gasteiger partial charge in [-0.05, 0) is 54.1 Å². The predicted molar refractivity (Wildman–Crippen MR) is 126 cm³/mol. The third-order valence-electron chi connectivity index (χ3n) is 5.46. The molecule has 7 nitrogen and oxygen atoms in total. The van der Waals surface area contributed by atoms with E-state index in [4.69, 9.17) is 0 Å². The number of benzene rings is 2. The summed E-state index contributed by atoms with van der Waals surface area (Å²) in [6.45, 7) is 0. The van der Waals surface area contributed by atoms with E-state index >= 15 is 4.39 Å². The standard InChI is InChI=1S/C25H15F3N4O3S/c26-16-2-1-3-17(11-16)36(34,35)32-21-5-4-20(27)22(23(21)28)24(33)19-13-31-25-18(19)10-15(12-30-25)14-6-8-29-9-7-14/h1-13,32H,(H,30,31). The van der Waals surface area contributed by atoms with Crippen LogP contribution in [0, 0.1) is 17.5 Å². The van der Waals surface area contributed by atoms with Crippen molar-refractivity contribution in [3.8, 4) is 11.1 Å². The Morgan fingerprint density at radius 2 is 1.72 bits per heavy atom. The molecule has 0 unspecified atom stereocenters. The van der Waals surface area contributed by atoms with Crippen LogP contribution in [0.4, 0.5) is 18.9 Å². The molecule has 11 heteroatoms. The van der Waals surface area contributed by atoms with Crippen LogP contribution < -0.4 is 4.72 Å². The molecular formula is C25H15F3N4O3S. The van der Waals surface area contributed by atoms with Crippen LogP contribution in [0.3, 0.4) is 0 Å². The number of fused-ring (bicyclic) bond motifs is 1. The maximum atomic E-state index is 15.4. The van der Waals surface area contributed by atoms with Crippen LogP contribution in [-0.2, 0) is 10.0 Å². The summed E-state index contributed by atoms with van der Waals surface area (Å²) in [7, 11) is -4.42. The second-order valence-electron chi connectivity index (χ2n) is 7.73. The first-order chi connectivity index (χ1) is 17.2. The highest BCUT2D eigenvalue weighted by atomic mass is 32.2. The van der Waals surface area contributed by atoms with Crippen molar-refractivity contribution in [3.63, 3.8) is 0 Å². The van der Waals surface area contributed by atoms with E-state index in [1.54, 1.807) is 36.8 Å². The number of sulfonamides is 1. The third-order valence-corrected chi connectivity index (χ3v) is 6.82. The van der Waals surface area contributed by atoms with Crippen LogP contribution in [0.2, 0.25) is 0 Å². The van der Waals surface area contributed by atoms with E-state index in [0.717, 1.165) is 35.9 Å². The van der Waals surface area contributed by atoms with Crippen molar-refractivity contribution in [2.24, 2.45) is 0 Å². The number of hydrogen-bond donors (Lipinski definition) is 2. The molecule has 2 aromatic carbocycles. The van der Waals surface area contributed by atoms with Crippen LogP contribution in [0.1, 0.15) is 15.9 Å². The molecule has 0 bridgehead atoms. The number of hydrogen-bond acceptors (Lipinski definition) is 5. The molecule has 0 atom stereocenters. The Hall–Kier alpha value is -4.51. The Labute approximate surface area is 202 Å². The van der Waals surface area contributed by atoms with Crippen LogP contribution in [0.25, 0.3) is 22.2 Å². The molecule has 5 aromatic rings. The highest BCUT2D eigenvalue weighted by molar-refractivity contribution is 7.92. The zero-order valence-corrected chi connectivity index (χ0v) is 19.0. The van der Waals surface area contributed by atoms with E-state index in [0.29, 0.717) is 16.6 Å². The SMILES string of the molecule is O=C(c1c(F)ccc(NS(=O)(=O)c2cccc(F)c2)c1F)c1c[nH]c2ncc(-c3ccncc3)cc12. The molecule has 2 N–H and O–H groups in total. The van der Waals surface area contributed by atoms with Crippen molar-refractivity contribution in [3.05, 3.63) is 108 Å². The van der Waals surface area contributed by atoms with Crippen molar-refractivity contribution < 1.29 is 26.4 Å². The summed E-state index contributed by atoms with van der Waals surface area (Å²) < 4.78 is 70.7. The average Bonchev–Trinajstić information content (AvgIpc) is 3.30. The molecule has 5 rings (SSSR count). The Kier molecular flexibility index (Phi) is 5.77. The number of nitrogens with one attached hydrogen (secondary N) is 2. The molecule has 0 spiro atoms. The monoisotopic (exact) mass is 508 g/mol. The van der Waals surface area contributed by atoms with Gasteiger partial charge in [-0.25, -0.2) is 26.6 Å². The van der Waals surface area contributed by atoms with Gasteiger partial charge < -0.3 is 4.98 Å². The molecule has 0 aliphatic rings. The van der Waals surface area contributed by atoms with E-state index in [9.17, 15) is 22.0 Å². The number of aromatic nitrogens is 3. The highest BCUT2D eigenvalue weighted by Crippen LogP contribution is 2.30. The molecule has 3 heterocycles. The summed E-state index contributed by atoms with van der Waals surface area (Å²) in [5.41, 5.74) is 0.0570. The van der Waals surface area contributed by atoms with Gasteiger partial charge in [0, 0.05) is 41.3 Å². The molecule has 0 saturated carbocycles. The van der Waals surface area contributed by atoms with Gasteiger partial charge in [-0.2, -0.15) is 0 Å². The van der Waals surface area contributed by atoms with E-state index in [-0.39, 0.29) is 5.56 Å². The van der Waals surface area contributed by atoms with Crippen molar-refractivity contribution in [2.75, 3.05) is 4.72 Å². The summed E-state index contributed by atoms with van der Waals surface area (Å²) in [4.78, 5) is 23.8. The highest BCUT2D eigenvalue weighted by Gasteiger charge is 2.26. The van der Waals surface area contributed by atoms with Gasteiger partial charge >= 0.3 is 0 Å². The average molecular weight is 508 g/mol. The van der Waals surface area contributed by atoms with Crippen LogP contribution >= 0.6 is 0 Å². The lowest BCUT2D eigenvalue weighted by atomic mass is 10.00. The molecule has 3 aromatic heterocycles. The van der Waals surface area contributed by atoms with Gasteiger partial charge in [0.1, 0.15) is 17.3 Å². The zero-order valence-electron chi connectivity index (χ0n) is 18.2. The fourth-order valence-corrected chi connectivity index (χ4v) is 4.80. The number of rotatable bonds is 6. The van der Waals surface area contributed by atoms with Crippen LogP contribution in [0.5, 0.6) is 0 Å². The van der Waals surface area contributed by atoms with E-state index in [1.165, 1.54) is 12.3 Å². The van der Waals surface area contributed by atoms with Crippen molar-refractivity contribution in [1.29, 1.82) is 0 Å². The normalized spacial score (nSPS) is 11.5. The number of carbonyl (C=O) groups is 1. The number of halogens is 3. The summed E-state index contributed by atoms with van der Waals surface area (Å²) in [5, 5.41) is 0.318. The van der Waals surface area contributed by atoms with Gasteiger partial charge in [-0.3, -0.25) is 14.5 Å². The number of H-pyrrole nitrogens is 1. The Morgan fingerprint density at radius 1 is 0.944 bits per heavy atom. The smallest absolute Gasteiger partial charge is 0.262 e. The lowest BCUT2D eigenvalue weighted by Crippen LogP contribution is -2.16. The topological polar surface area (TPSA) is 105 Å². The molecule has 180 valence electrons. The summed E-state index contributed by atoms with van der Waals surface area (Å²) in [6, 6.07) is 10.8. The predicted octanol–water partition coefficient (Wildman–Crippen LogP) is 5.07. The minimum atomic E-state index is -4.42. The van der Waals surface area contributed by atoms with E-state index in [2.05, 4.69) is 15.0 Å². The Balaban J connectivity index is 1.55. The van der Waals surface area contributed by atoms with Crippen LogP contribution in [-0.4, -0.2) is 29.2 Å². The van der Waals surface area contributed by atoms with Crippen molar-refractivity contribution >= 4 is 32.5 Å². The first-order valence-electron chi connectivity index (χ1n) is 10.4. The lowest BCUT2D eigenvalue weighted by molar-refractivity contribution is 0.103. The Morgan fingerprint density at radius 3 is 2.47 bits per heavy atom. The maximum Gasteiger partial charge on any atom is 0.262 e. The van der Waals surface area contributed by atoms with Crippen LogP contribution in [0.15, 0.2) is 84.3 Å². The molecular weight excluding hydrogens is 493 g/mol. The lowest BCUT2D eigenvalue weighted by Gasteiger charge is -2.12. The number of carbonyl (C=O) groups excluding carboxylic acids is 1. The number of anilines is 1. The number of nitrogens with zero attached hydrogens (tertiary/aromatic N) is 2. The minimum Gasteiger partial charge on any atom is -0.345 e. The zero-order chi connectivity index (χ0) is 25.4. The number of pyridine rings is 2. The van der Waals surface area contributed by atoms with Gasteiger partial charge in [0.05, 0.1) is 16.1 Å². The maximum absolute atomic E-state index is 15.4. The van der Waals surface area contributed by atoms with Gasteiger partial charge in [0.25, 0.3) is 10.0 Å². The molecule has 0 saturated heterocycles. The van der Waals surface area contributed by atoms with Gasteiger partial charge in [0.15, 0.2) is 5.82 Å². The quantitative estimate of drug-likeness (QED) is 0.312. The fraction of sp³-hybridized carbons (Fsp3) is 0. The summed E-state index contributed by atoms with van der Waals surface area (Å²) in [6.07, 6.45) is 6.03. The second-order valence-corrected chi connectivity index (χ2v) is 9.42. The van der Waals surface area contributed by atoms with E-state index < -0.39 is 49.4 Å². The van der Waals surface area contributed by atoms with Gasteiger partial charge in [-0.1, -0.05) is 6.07 Å². The third kappa shape index (κ3) is 4.20. The largest absolute Gasteiger partial charge is 0.345 e. The van der Waals surface area contributed by atoms with E-state index in [1.807, 2.05) is 4.72 Å². The number of ketones is 1. The first-order valence-corrected chi connectivity index (χ1v) is 11.9. The minimum absolute atomic E-state index is 0.0589. The molecule has 36 heavy (non-hydrogen) atoms. The second kappa shape index (κ2) is 8.93. The molecule has 0 aliphatic carbocycles. The first kappa shape index (κ1) is 23.2. The van der Waals surface area contributed by atoms with Gasteiger partial charge in [-0.15, -0.1) is 0 Å². The Bertz CT molecular complexity index is 1740. The van der Waals surface area contributed by atoms with Gasteiger partial charge in [0.2, 0.25) is 5.78 Å². The summed E-state index contributed by atoms with van der Waals surface area (Å²) in [5.74, 6) is -4.42. The molecule has 0 fully saturated rings. The van der Waals surface area contributed by atoms with Crippen molar-refractivity contribution in [2.45, 2.75) is 4.90 Å². The fourth-order valence-electron chi connectivity index (χ4n) is 3.71. The molecule has 0 radical (unpaired) electrons. The van der Waals surface area contributed by atoms with Crippen molar-refractivity contribution in [1.82, 2.24) is 15.0 Å². The molecule has 0 aliphatic heterocycles. The molecule has 0 amide bonds. The summed E-state index contributed by atoms with van der Waals surface area (Å²) >= 11 is 0. The number of aromatic amines is 1.